The fourth-order valence-corrected chi connectivity index (χ4v) is 2.78. The highest BCUT2D eigenvalue weighted by molar-refractivity contribution is 5.80. The lowest BCUT2D eigenvalue weighted by Crippen LogP contribution is -1.80. The quantitative estimate of drug-likeness (QED) is 0.469. The predicted molar refractivity (Wildman–Crippen MR) is 94.4 cm³/mol. The molecular formula is C21H17NO. The van der Waals surface area contributed by atoms with Crippen LogP contribution in [0.1, 0.15) is 11.1 Å². The van der Waals surface area contributed by atoms with Crippen LogP contribution in [0.2, 0.25) is 0 Å². The normalized spacial score (nSPS) is 11.0. The van der Waals surface area contributed by atoms with Crippen molar-refractivity contribution in [1.82, 2.24) is 4.98 Å². The average Bonchev–Trinajstić information content (AvgIpc) is 3.04. The smallest absolute Gasteiger partial charge is 0.227 e. The molecule has 0 N–H and O–H groups in total. The van der Waals surface area contributed by atoms with Crippen molar-refractivity contribution < 1.29 is 4.42 Å². The summed E-state index contributed by atoms with van der Waals surface area (Å²) in [5, 5.41) is 0. The number of aryl methyl sites for hydroxylation is 2. The summed E-state index contributed by atoms with van der Waals surface area (Å²) >= 11 is 0. The zero-order valence-corrected chi connectivity index (χ0v) is 13.2. The molecule has 0 aliphatic rings. The Labute approximate surface area is 135 Å². The van der Waals surface area contributed by atoms with E-state index in [1.165, 1.54) is 16.7 Å². The molecule has 0 aliphatic heterocycles. The number of nitrogens with zero attached hydrogens (tertiary/aromatic N) is 1. The molecular weight excluding hydrogens is 282 g/mol. The van der Waals surface area contributed by atoms with Gasteiger partial charge in [-0.05, 0) is 54.3 Å². The SMILES string of the molecule is Cc1ccc2nc(-c3ccc(-c4ccccc4)cc3)oc2c1C. The Morgan fingerprint density at radius 2 is 1.35 bits per heavy atom. The van der Waals surface area contributed by atoms with Crippen molar-refractivity contribution in [3.05, 3.63) is 77.9 Å². The number of hydrogen-bond acceptors (Lipinski definition) is 2. The fraction of sp³-hybridized carbons (Fsp3) is 0.0952. The number of hydrogen-bond donors (Lipinski definition) is 0. The molecule has 0 amide bonds. The van der Waals surface area contributed by atoms with Gasteiger partial charge in [0.05, 0.1) is 0 Å². The molecule has 1 heterocycles. The maximum atomic E-state index is 6.00. The lowest BCUT2D eigenvalue weighted by Gasteiger charge is -2.02. The van der Waals surface area contributed by atoms with Crippen molar-refractivity contribution >= 4 is 11.1 Å². The molecule has 0 atom stereocenters. The molecule has 23 heavy (non-hydrogen) atoms. The van der Waals surface area contributed by atoms with Gasteiger partial charge in [-0.3, -0.25) is 0 Å². The largest absolute Gasteiger partial charge is 0.436 e. The van der Waals surface area contributed by atoms with Crippen molar-refractivity contribution in [2.75, 3.05) is 0 Å². The third-order valence-electron chi connectivity index (χ3n) is 4.32. The van der Waals surface area contributed by atoms with E-state index < -0.39 is 0 Å². The molecule has 3 aromatic carbocycles. The van der Waals surface area contributed by atoms with Crippen LogP contribution in [0.3, 0.4) is 0 Å². The van der Waals surface area contributed by atoms with Gasteiger partial charge in [-0.2, -0.15) is 0 Å². The second-order valence-corrected chi connectivity index (χ2v) is 5.82. The zero-order chi connectivity index (χ0) is 15.8. The summed E-state index contributed by atoms with van der Waals surface area (Å²) in [5.74, 6) is 0.674. The zero-order valence-electron chi connectivity index (χ0n) is 13.2. The first-order chi connectivity index (χ1) is 11.2. The van der Waals surface area contributed by atoms with Crippen LogP contribution < -0.4 is 0 Å². The third kappa shape index (κ3) is 2.42. The Morgan fingerprint density at radius 3 is 2.09 bits per heavy atom. The molecule has 0 fully saturated rings. The van der Waals surface area contributed by atoms with Gasteiger partial charge < -0.3 is 4.42 Å². The van der Waals surface area contributed by atoms with Crippen molar-refractivity contribution in [2.24, 2.45) is 0 Å². The number of aromatic nitrogens is 1. The Morgan fingerprint density at radius 1 is 0.696 bits per heavy atom. The van der Waals surface area contributed by atoms with E-state index in [0.717, 1.165) is 22.2 Å². The summed E-state index contributed by atoms with van der Waals surface area (Å²) in [7, 11) is 0. The van der Waals surface area contributed by atoms with Gasteiger partial charge in [0.25, 0.3) is 0 Å². The van der Waals surface area contributed by atoms with Gasteiger partial charge in [0.2, 0.25) is 5.89 Å². The van der Waals surface area contributed by atoms with E-state index in [-0.39, 0.29) is 0 Å². The van der Waals surface area contributed by atoms with Gasteiger partial charge in [0, 0.05) is 5.56 Å². The molecule has 0 spiro atoms. The molecule has 0 unspecified atom stereocenters. The molecule has 0 saturated heterocycles. The van der Waals surface area contributed by atoms with Crippen LogP contribution in [0.5, 0.6) is 0 Å². The second kappa shape index (κ2) is 5.40. The van der Waals surface area contributed by atoms with E-state index in [1.54, 1.807) is 0 Å². The van der Waals surface area contributed by atoms with Gasteiger partial charge in [-0.1, -0.05) is 48.5 Å². The van der Waals surface area contributed by atoms with E-state index in [4.69, 9.17) is 4.42 Å². The van der Waals surface area contributed by atoms with Gasteiger partial charge in [-0.25, -0.2) is 4.98 Å². The Hall–Kier alpha value is -2.87. The van der Waals surface area contributed by atoms with Crippen LogP contribution in [0.25, 0.3) is 33.7 Å². The maximum Gasteiger partial charge on any atom is 0.227 e. The highest BCUT2D eigenvalue weighted by atomic mass is 16.3. The van der Waals surface area contributed by atoms with Crippen LogP contribution >= 0.6 is 0 Å². The Bertz CT molecular complexity index is 966. The predicted octanol–water partition coefficient (Wildman–Crippen LogP) is 5.78. The summed E-state index contributed by atoms with van der Waals surface area (Å²) in [6.45, 7) is 4.16. The van der Waals surface area contributed by atoms with Crippen LogP contribution in [-0.2, 0) is 0 Å². The van der Waals surface area contributed by atoms with Gasteiger partial charge in [0.15, 0.2) is 5.58 Å². The van der Waals surface area contributed by atoms with Crippen LogP contribution in [0, 0.1) is 13.8 Å². The van der Waals surface area contributed by atoms with Crippen LogP contribution in [-0.4, -0.2) is 4.98 Å². The highest BCUT2D eigenvalue weighted by Gasteiger charge is 2.11. The minimum Gasteiger partial charge on any atom is -0.436 e. The standard InChI is InChI=1S/C21H17NO/c1-14-8-13-19-20(15(14)2)23-21(22-19)18-11-9-17(10-12-18)16-6-4-3-5-7-16/h3-13H,1-2H3. The van der Waals surface area contributed by atoms with Gasteiger partial charge >= 0.3 is 0 Å². The molecule has 2 nitrogen and oxygen atoms in total. The molecule has 112 valence electrons. The molecule has 0 saturated carbocycles. The molecule has 2 heteroatoms. The number of rotatable bonds is 2. The van der Waals surface area contributed by atoms with Crippen LogP contribution in [0.15, 0.2) is 71.1 Å². The molecule has 4 rings (SSSR count). The first-order valence-corrected chi connectivity index (χ1v) is 7.75. The Kier molecular flexibility index (Phi) is 3.23. The summed E-state index contributed by atoms with van der Waals surface area (Å²) in [6.07, 6.45) is 0. The van der Waals surface area contributed by atoms with Gasteiger partial charge in [0.1, 0.15) is 5.52 Å². The molecule has 0 aliphatic carbocycles. The van der Waals surface area contributed by atoms with Gasteiger partial charge in [-0.15, -0.1) is 0 Å². The minimum absolute atomic E-state index is 0.674. The number of benzene rings is 3. The molecule has 4 aromatic rings. The van der Waals surface area contributed by atoms with E-state index in [2.05, 4.69) is 73.4 Å². The van der Waals surface area contributed by atoms with Crippen LogP contribution in [0.4, 0.5) is 0 Å². The van der Waals surface area contributed by atoms with E-state index in [9.17, 15) is 0 Å². The second-order valence-electron chi connectivity index (χ2n) is 5.82. The van der Waals surface area contributed by atoms with Crippen molar-refractivity contribution in [3.63, 3.8) is 0 Å². The van der Waals surface area contributed by atoms with Crippen molar-refractivity contribution in [2.45, 2.75) is 13.8 Å². The molecule has 1 aromatic heterocycles. The third-order valence-corrected chi connectivity index (χ3v) is 4.32. The number of fused-ring (bicyclic) bond motifs is 1. The van der Waals surface area contributed by atoms with E-state index >= 15 is 0 Å². The molecule has 0 bridgehead atoms. The number of oxazole rings is 1. The first kappa shape index (κ1) is 13.8. The summed E-state index contributed by atoms with van der Waals surface area (Å²) in [6, 6.07) is 22.8. The lowest BCUT2D eigenvalue weighted by atomic mass is 10.0. The monoisotopic (exact) mass is 299 g/mol. The minimum atomic E-state index is 0.674. The van der Waals surface area contributed by atoms with Crippen molar-refractivity contribution in [3.8, 4) is 22.6 Å². The maximum absolute atomic E-state index is 6.00. The van der Waals surface area contributed by atoms with E-state index in [1.807, 2.05) is 12.1 Å². The lowest BCUT2D eigenvalue weighted by molar-refractivity contribution is 0.617. The van der Waals surface area contributed by atoms with Crippen molar-refractivity contribution in [1.29, 1.82) is 0 Å². The fourth-order valence-electron chi connectivity index (χ4n) is 2.78. The summed E-state index contributed by atoms with van der Waals surface area (Å²) < 4.78 is 6.00. The van der Waals surface area contributed by atoms with E-state index in [0.29, 0.717) is 5.89 Å². The first-order valence-electron chi connectivity index (χ1n) is 7.75. The summed E-state index contributed by atoms with van der Waals surface area (Å²) in [5.41, 5.74) is 7.57. The Balaban J connectivity index is 1.75. The summed E-state index contributed by atoms with van der Waals surface area (Å²) in [4.78, 5) is 4.62. The highest BCUT2D eigenvalue weighted by Crippen LogP contribution is 2.29. The molecule has 0 radical (unpaired) electrons. The topological polar surface area (TPSA) is 26.0 Å². The average molecular weight is 299 g/mol.